The Bertz CT molecular complexity index is 825. The third kappa shape index (κ3) is 3.99. The molecule has 2 aliphatic rings. The smallest absolute Gasteiger partial charge is 0.229 e. The van der Waals surface area contributed by atoms with E-state index >= 15 is 0 Å². The van der Waals surface area contributed by atoms with E-state index in [1.807, 2.05) is 41.3 Å². The van der Waals surface area contributed by atoms with E-state index in [0.717, 1.165) is 33.8 Å². The van der Waals surface area contributed by atoms with Gasteiger partial charge in [0.05, 0.1) is 22.7 Å². The summed E-state index contributed by atoms with van der Waals surface area (Å²) >= 11 is 9.83. The van der Waals surface area contributed by atoms with Crippen molar-refractivity contribution in [2.75, 3.05) is 37.6 Å². The van der Waals surface area contributed by atoms with Crippen molar-refractivity contribution in [3.8, 4) is 0 Å². The lowest BCUT2D eigenvalue weighted by atomic mass is 9.93. The number of carbonyl (C=O) groups excluding carboxylic acids is 1. The maximum Gasteiger partial charge on any atom is 0.229 e. The second kappa shape index (κ2) is 8.19. The Morgan fingerprint density at radius 1 is 1.07 bits per heavy atom. The molecule has 2 saturated heterocycles. The predicted molar refractivity (Wildman–Crippen MR) is 112 cm³/mol. The van der Waals surface area contributed by atoms with Crippen molar-refractivity contribution in [3.05, 3.63) is 63.6 Å². The molecule has 0 aliphatic carbocycles. The zero-order valence-corrected chi connectivity index (χ0v) is 17.2. The fourth-order valence-electron chi connectivity index (χ4n) is 3.85. The first-order valence-electron chi connectivity index (χ1n) is 9.15. The van der Waals surface area contributed by atoms with E-state index in [-0.39, 0.29) is 17.9 Å². The molecule has 1 amide bonds. The molecule has 2 atom stereocenters. The molecule has 7 heteroatoms. The van der Waals surface area contributed by atoms with Gasteiger partial charge >= 0.3 is 0 Å². The fourth-order valence-corrected chi connectivity index (χ4v) is 4.53. The highest BCUT2D eigenvalue weighted by molar-refractivity contribution is 9.10. The monoisotopic (exact) mass is 448 g/mol. The summed E-state index contributed by atoms with van der Waals surface area (Å²) in [7, 11) is 0. The zero-order chi connectivity index (χ0) is 18.8. The SMILES string of the molecule is O=C(C1CNNC1c1cccc(Br)c1)N1CCN(c2ccccc2Cl)CC1. The number of rotatable bonds is 3. The molecule has 5 nitrogen and oxygen atoms in total. The van der Waals surface area contributed by atoms with Gasteiger partial charge in [0.1, 0.15) is 0 Å². The Morgan fingerprint density at radius 2 is 1.85 bits per heavy atom. The maximum atomic E-state index is 13.2. The molecule has 2 aliphatic heterocycles. The van der Waals surface area contributed by atoms with Crippen LogP contribution >= 0.6 is 27.5 Å². The Hall–Kier alpha value is -1.60. The average Bonchev–Trinajstić information content (AvgIpc) is 3.18. The quantitative estimate of drug-likeness (QED) is 0.755. The van der Waals surface area contributed by atoms with E-state index in [2.05, 4.69) is 43.8 Å². The number of anilines is 1. The molecular weight excluding hydrogens is 428 g/mol. The summed E-state index contributed by atoms with van der Waals surface area (Å²) in [6, 6.07) is 16.0. The standard InChI is InChI=1S/C20H22BrClN4O/c21-15-5-3-4-14(12-15)19-16(13-23-24-19)20(27)26-10-8-25(9-11-26)18-7-2-1-6-17(18)22/h1-7,12,16,19,23-24H,8-11,13H2. The number of halogens is 2. The largest absolute Gasteiger partial charge is 0.367 e. The summed E-state index contributed by atoms with van der Waals surface area (Å²) in [5.41, 5.74) is 8.59. The van der Waals surface area contributed by atoms with Crippen LogP contribution in [0.15, 0.2) is 53.0 Å². The summed E-state index contributed by atoms with van der Waals surface area (Å²) in [5, 5.41) is 0.760. The molecule has 2 aromatic rings. The predicted octanol–water partition coefficient (Wildman–Crippen LogP) is 3.22. The van der Waals surface area contributed by atoms with Gasteiger partial charge in [-0.25, -0.2) is 5.43 Å². The van der Waals surface area contributed by atoms with Gasteiger partial charge in [-0.3, -0.25) is 10.2 Å². The number of para-hydroxylation sites is 1. The van der Waals surface area contributed by atoms with Crippen molar-refractivity contribution in [1.82, 2.24) is 15.8 Å². The summed E-state index contributed by atoms with van der Waals surface area (Å²) in [5.74, 6) is 0.0995. The van der Waals surface area contributed by atoms with E-state index < -0.39 is 0 Å². The van der Waals surface area contributed by atoms with Crippen molar-refractivity contribution in [2.45, 2.75) is 6.04 Å². The zero-order valence-electron chi connectivity index (χ0n) is 14.9. The second-order valence-electron chi connectivity index (χ2n) is 6.93. The molecule has 27 heavy (non-hydrogen) atoms. The Morgan fingerprint density at radius 3 is 2.59 bits per heavy atom. The van der Waals surface area contributed by atoms with Crippen LogP contribution in [0.1, 0.15) is 11.6 Å². The number of carbonyl (C=O) groups is 1. The Balaban J connectivity index is 1.42. The first kappa shape index (κ1) is 18.7. The third-order valence-corrected chi connectivity index (χ3v) is 6.10. The Labute approximate surface area is 172 Å². The van der Waals surface area contributed by atoms with Gasteiger partial charge in [0.15, 0.2) is 0 Å². The number of amides is 1. The van der Waals surface area contributed by atoms with Gasteiger partial charge in [0.2, 0.25) is 5.91 Å². The van der Waals surface area contributed by atoms with Crippen LogP contribution in [0.3, 0.4) is 0 Å². The molecule has 2 unspecified atom stereocenters. The van der Waals surface area contributed by atoms with Crippen LogP contribution in [0, 0.1) is 5.92 Å². The number of nitrogens with one attached hydrogen (secondary N) is 2. The van der Waals surface area contributed by atoms with Crippen LogP contribution in [0.5, 0.6) is 0 Å². The lowest BCUT2D eigenvalue weighted by Gasteiger charge is -2.38. The molecule has 0 bridgehead atoms. The molecule has 2 heterocycles. The van der Waals surface area contributed by atoms with Crippen LogP contribution in [-0.4, -0.2) is 43.5 Å². The summed E-state index contributed by atoms with van der Waals surface area (Å²) in [6.45, 7) is 3.66. The van der Waals surface area contributed by atoms with Gasteiger partial charge in [-0.15, -0.1) is 0 Å². The maximum absolute atomic E-state index is 13.2. The topological polar surface area (TPSA) is 47.6 Å². The first-order valence-corrected chi connectivity index (χ1v) is 10.3. The van der Waals surface area contributed by atoms with Crippen LogP contribution < -0.4 is 15.8 Å². The molecule has 0 saturated carbocycles. The first-order chi connectivity index (χ1) is 13.1. The van der Waals surface area contributed by atoms with Gasteiger partial charge < -0.3 is 9.80 Å². The molecule has 2 aromatic carbocycles. The number of hydrazine groups is 1. The van der Waals surface area contributed by atoms with Crippen molar-refractivity contribution in [3.63, 3.8) is 0 Å². The lowest BCUT2D eigenvalue weighted by molar-refractivity contribution is -0.135. The molecule has 142 valence electrons. The van der Waals surface area contributed by atoms with Crippen molar-refractivity contribution in [1.29, 1.82) is 0 Å². The van der Waals surface area contributed by atoms with Gasteiger partial charge in [-0.2, -0.15) is 0 Å². The number of nitrogens with zero attached hydrogens (tertiary/aromatic N) is 2. The van der Waals surface area contributed by atoms with E-state index in [4.69, 9.17) is 11.6 Å². The van der Waals surface area contributed by atoms with Gasteiger partial charge in [-0.1, -0.05) is 51.8 Å². The van der Waals surface area contributed by atoms with Gasteiger partial charge in [0.25, 0.3) is 0 Å². The lowest BCUT2D eigenvalue weighted by Crippen LogP contribution is -2.51. The van der Waals surface area contributed by atoms with Crippen LogP contribution in [0.4, 0.5) is 5.69 Å². The normalized spacial score (nSPS) is 22.9. The summed E-state index contributed by atoms with van der Waals surface area (Å²) < 4.78 is 1.02. The third-order valence-electron chi connectivity index (χ3n) is 5.29. The minimum absolute atomic E-state index is 0.0170. The van der Waals surface area contributed by atoms with Crippen molar-refractivity contribution in [2.24, 2.45) is 5.92 Å². The van der Waals surface area contributed by atoms with Crippen LogP contribution in [0.2, 0.25) is 5.02 Å². The van der Waals surface area contributed by atoms with Crippen molar-refractivity contribution < 1.29 is 4.79 Å². The molecule has 4 rings (SSSR count). The second-order valence-corrected chi connectivity index (χ2v) is 8.25. The highest BCUT2D eigenvalue weighted by atomic mass is 79.9. The molecule has 0 radical (unpaired) electrons. The number of benzene rings is 2. The van der Waals surface area contributed by atoms with E-state index in [9.17, 15) is 4.79 Å². The highest BCUT2D eigenvalue weighted by Gasteiger charge is 2.37. The Kier molecular flexibility index (Phi) is 5.68. The van der Waals surface area contributed by atoms with Gasteiger partial charge in [-0.05, 0) is 29.8 Å². The summed E-state index contributed by atoms with van der Waals surface area (Å²) in [4.78, 5) is 17.4. The van der Waals surface area contributed by atoms with E-state index in [1.165, 1.54) is 0 Å². The number of piperazine rings is 1. The van der Waals surface area contributed by atoms with Crippen LogP contribution in [-0.2, 0) is 4.79 Å². The van der Waals surface area contributed by atoms with E-state index in [0.29, 0.717) is 19.6 Å². The average molecular weight is 450 g/mol. The molecular formula is C20H22BrClN4O. The fraction of sp³-hybridized carbons (Fsp3) is 0.350. The van der Waals surface area contributed by atoms with E-state index in [1.54, 1.807) is 0 Å². The minimum atomic E-state index is -0.105. The van der Waals surface area contributed by atoms with Gasteiger partial charge in [0, 0.05) is 37.2 Å². The molecule has 2 fully saturated rings. The molecule has 0 aromatic heterocycles. The highest BCUT2D eigenvalue weighted by Crippen LogP contribution is 2.30. The minimum Gasteiger partial charge on any atom is -0.367 e. The number of hydrogen-bond donors (Lipinski definition) is 2. The van der Waals surface area contributed by atoms with Crippen molar-refractivity contribution >= 4 is 39.1 Å². The summed E-state index contributed by atoms with van der Waals surface area (Å²) in [6.07, 6.45) is 0. The molecule has 2 N–H and O–H groups in total. The van der Waals surface area contributed by atoms with Crippen LogP contribution in [0.25, 0.3) is 0 Å². The number of hydrogen-bond acceptors (Lipinski definition) is 4. The molecule has 0 spiro atoms.